The Morgan fingerprint density at radius 1 is 1.56 bits per heavy atom. The SMILES string of the molecule is Cc1csc(CC(=O)C2(CN)CCC(C)CC2)n1. The summed E-state index contributed by atoms with van der Waals surface area (Å²) in [4.78, 5) is 16.9. The summed E-state index contributed by atoms with van der Waals surface area (Å²) in [5, 5.41) is 2.93. The Labute approximate surface area is 113 Å². The van der Waals surface area contributed by atoms with Crippen LogP contribution in [0.1, 0.15) is 43.3 Å². The first-order valence-electron chi connectivity index (χ1n) is 6.70. The Kier molecular flexibility index (Phi) is 4.17. The van der Waals surface area contributed by atoms with Crippen molar-refractivity contribution in [3.8, 4) is 0 Å². The van der Waals surface area contributed by atoms with Gasteiger partial charge in [0.1, 0.15) is 10.8 Å². The molecule has 1 aromatic heterocycles. The summed E-state index contributed by atoms with van der Waals surface area (Å²) in [5.74, 6) is 1.03. The molecule has 0 radical (unpaired) electrons. The number of carbonyl (C=O) groups is 1. The molecule has 1 saturated carbocycles. The van der Waals surface area contributed by atoms with E-state index in [2.05, 4.69) is 11.9 Å². The van der Waals surface area contributed by atoms with Crippen molar-refractivity contribution in [1.29, 1.82) is 0 Å². The fraction of sp³-hybridized carbons (Fsp3) is 0.714. The number of hydrogen-bond donors (Lipinski definition) is 1. The van der Waals surface area contributed by atoms with Crippen molar-refractivity contribution in [3.63, 3.8) is 0 Å². The van der Waals surface area contributed by atoms with Crippen LogP contribution in [-0.4, -0.2) is 17.3 Å². The van der Waals surface area contributed by atoms with E-state index in [1.807, 2.05) is 12.3 Å². The standard InChI is InChI=1S/C14H22N2OS/c1-10-3-5-14(9-15,6-4-10)12(17)7-13-16-11(2)8-18-13/h8,10H,3-7,9,15H2,1-2H3. The number of nitrogens with two attached hydrogens (primary N) is 1. The Balaban J connectivity index is 2.06. The van der Waals surface area contributed by atoms with Crippen molar-refractivity contribution in [3.05, 3.63) is 16.1 Å². The molecule has 100 valence electrons. The molecule has 18 heavy (non-hydrogen) atoms. The lowest BCUT2D eigenvalue weighted by Crippen LogP contribution is -2.42. The van der Waals surface area contributed by atoms with E-state index < -0.39 is 0 Å². The van der Waals surface area contributed by atoms with Crippen molar-refractivity contribution in [2.24, 2.45) is 17.1 Å². The second kappa shape index (κ2) is 5.49. The van der Waals surface area contributed by atoms with Gasteiger partial charge in [-0.2, -0.15) is 0 Å². The van der Waals surface area contributed by atoms with Crippen LogP contribution in [-0.2, 0) is 11.2 Å². The lowest BCUT2D eigenvalue weighted by atomic mass is 9.68. The van der Waals surface area contributed by atoms with Gasteiger partial charge in [0.2, 0.25) is 0 Å². The highest BCUT2D eigenvalue weighted by atomic mass is 32.1. The van der Waals surface area contributed by atoms with Gasteiger partial charge in [0.25, 0.3) is 0 Å². The van der Waals surface area contributed by atoms with Gasteiger partial charge < -0.3 is 5.73 Å². The van der Waals surface area contributed by atoms with E-state index in [0.29, 0.717) is 18.7 Å². The topological polar surface area (TPSA) is 56.0 Å². The summed E-state index contributed by atoms with van der Waals surface area (Å²) in [7, 11) is 0. The van der Waals surface area contributed by atoms with Crippen LogP contribution in [0, 0.1) is 18.3 Å². The number of rotatable bonds is 4. The highest BCUT2D eigenvalue weighted by molar-refractivity contribution is 7.09. The van der Waals surface area contributed by atoms with Crippen molar-refractivity contribution in [2.75, 3.05) is 6.54 Å². The first-order valence-corrected chi connectivity index (χ1v) is 7.58. The average Bonchev–Trinajstić information content (AvgIpc) is 2.76. The number of aromatic nitrogens is 1. The fourth-order valence-corrected chi connectivity index (χ4v) is 3.49. The van der Waals surface area contributed by atoms with Crippen LogP contribution in [0.15, 0.2) is 5.38 Å². The van der Waals surface area contributed by atoms with E-state index in [1.54, 1.807) is 11.3 Å². The monoisotopic (exact) mass is 266 g/mol. The maximum atomic E-state index is 12.5. The lowest BCUT2D eigenvalue weighted by Gasteiger charge is -2.37. The second-order valence-electron chi connectivity index (χ2n) is 5.65. The molecule has 0 aliphatic heterocycles. The molecule has 0 unspecified atom stereocenters. The fourth-order valence-electron chi connectivity index (χ4n) is 2.72. The summed E-state index contributed by atoms with van der Waals surface area (Å²) in [6.07, 6.45) is 4.62. The highest BCUT2D eigenvalue weighted by Crippen LogP contribution is 2.39. The molecule has 1 fully saturated rings. The number of nitrogens with zero attached hydrogens (tertiary/aromatic N) is 1. The number of Topliss-reactive ketones (excluding diaryl/α,β-unsaturated/α-hetero) is 1. The molecule has 0 aromatic carbocycles. The first kappa shape index (κ1) is 13.7. The number of hydrogen-bond acceptors (Lipinski definition) is 4. The zero-order chi connectivity index (χ0) is 13.2. The maximum Gasteiger partial charge on any atom is 0.147 e. The maximum absolute atomic E-state index is 12.5. The van der Waals surface area contributed by atoms with Gasteiger partial charge in [0.15, 0.2) is 0 Å². The van der Waals surface area contributed by atoms with Crippen molar-refractivity contribution >= 4 is 17.1 Å². The van der Waals surface area contributed by atoms with Crippen LogP contribution in [0.2, 0.25) is 0 Å². The Morgan fingerprint density at radius 2 is 2.22 bits per heavy atom. The molecular formula is C14H22N2OS. The zero-order valence-corrected chi connectivity index (χ0v) is 12.1. The van der Waals surface area contributed by atoms with Crippen molar-refractivity contribution in [1.82, 2.24) is 4.98 Å². The minimum Gasteiger partial charge on any atom is -0.329 e. The van der Waals surface area contributed by atoms with Crippen LogP contribution in [0.25, 0.3) is 0 Å². The molecule has 0 spiro atoms. The minimum absolute atomic E-state index is 0.272. The first-order chi connectivity index (χ1) is 8.55. The molecule has 1 aromatic rings. The van der Waals surface area contributed by atoms with Gasteiger partial charge in [0.05, 0.1) is 6.42 Å². The third-order valence-electron chi connectivity index (χ3n) is 4.19. The Hall–Kier alpha value is -0.740. The van der Waals surface area contributed by atoms with E-state index in [-0.39, 0.29) is 5.41 Å². The van der Waals surface area contributed by atoms with E-state index in [0.717, 1.165) is 42.3 Å². The molecule has 2 N–H and O–H groups in total. The molecule has 1 aliphatic rings. The van der Waals surface area contributed by atoms with Crippen LogP contribution in [0.4, 0.5) is 0 Å². The molecule has 4 heteroatoms. The largest absolute Gasteiger partial charge is 0.329 e. The summed E-state index contributed by atoms with van der Waals surface area (Å²) in [5.41, 5.74) is 6.64. The van der Waals surface area contributed by atoms with Crippen LogP contribution < -0.4 is 5.73 Å². The number of thiazole rings is 1. The van der Waals surface area contributed by atoms with Crippen LogP contribution >= 0.6 is 11.3 Å². The molecule has 1 heterocycles. The lowest BCUT2D eigenvalue weighted by molar-refractivity contribution is -0.129. The minimum atomic E-state index is -0.272. The smallest absolute Gasteiger partial charge is 0.147 e. The third kappa shape index (κ3) is 2.81. The number of aryl methyl sites for hydroxylation is 1. The highest BCUT2D eigenvalue weighted by Gasteiger charge is 2.39. The van der Waals surface area contributed by atoms with Crippen LogP contribution in [0.3, 0.4) is 0 Å². The van der Waals surface area contributed by atoms with Crippen molar-refractivity contribution in [2.45, 2.75) is 46.0 Å². The van der Waals surface area contributed by atoms with Crippen molar-refractivity contribution < 1.29 is 4.79 Å². The predicted octanol–water partition coefficient (Wildman–Crippen LogP) is 2.72. The van der Waals surface area contributed by atoms with Gasteiger partial charge in [-0.15, -0.1) is 11.3 Å². The summed E-state index contributed by atoms with van der Waals surface area (Å²) < 4.78 is 0. The predicted molar refractivity (Wildman–Crippen MR) is 74.7 cm³/mol. The van der Waals surface area contributed by atoms with E-state index in [9.17, 15) is 4.79 Å². The average molecular weight is 266 g/mol. The summed E-state index contributed by atoms with van der Waals surface area (Å²) in [6.45, 7) is 4.71. The molecular weight excluding hydrogens is 244 g/mol. The quantitative estimate of drug-likeness (QED) is 0.911. The molecule has 2 rings (SSSR count). The molecule has 0 amide bonds. The summed E-state index contributed by atoms with van der Waals surface area (Å²) >= 11 is 1.58. The van der Waals surface area contributed by atoms with E-state index >= 15 is 0 Å². The van der Waals surface area contributed by atoms with Gasteiger partial charge in [-0.05, 0) is 38.5 Å². The zero-order valence-electron chi connectivity index (χ0n) is 11.2. The molecule has 0 atom stereocenters. The molecule has 0 bridgehead atoms. The van der Waals surface area contributed by atoms with E-state index in [4.69, 9.17) is 5.73 Å². The Morgan fingerprint density at radius 3 is 2.72 bits per heavy atom. The van der Waals surface area contributed by atoms with Gasteiger partial charge in [0, 0.05) is 23.0 Å². The normalized spacial score (nSPS) is 28.3. The number of ketones is 1. The molecule has 0 saturated heterocycles. The molecule has 3 nitrogen and oxygen atoms in total. The Bertz CT molecular complexity index is 419. The van der Waals surface area contributed by atoms with Gasteiger partial charge in [-0.3, -0.25) is 4.79 Å². The number of carbonyl (C=O) groups excluding carboxylic acids is 1. The molecule has 1 aliphatic carbocycles. The third-order valence-corrected chi connectivity index (χ3v) is 5.16. The van der Waals surface area contributed by atoms with Crippen LogP contribution in [0.5, 0.6) is 0 Å². The summed E-state index contributed by atoms with van der Waals surface area (Å²) in [6, 6.07) is 0. The van der Waals surface area contributed by atoms with Gasteiger partial charge >= 0.3 is 0 Å². The van der Waals surface area contributed by atoms with Gasteiger partial charge in [-0.1, -0.05) is 6.92 Å². The van der Waals surface area contributed by atoms with E-state index in [1.165, 1.54) is 0 Å². The second-order valence-corrected chi connectivity index (χ2v) is 6.59. The van der Waals surface area contributed by atoms with Gasteiger partial charge in [-0.25, -0.2) is 4.98 Å².